The number of carbonyl (C=O) groups is 2. The molecule has 0 spiro atoms. The van der Waals surface area contributed by atoms with Gasteiger partial charge in [-0.2, -0.15) is 0 Å². The van der Waals surface area contributed by atoms with Crippen molar-refractivity contribution in [3.05, 3.63) is 51.2 Å². The van der Waals surface area contributed by atoms with Gasteiger partial charge in [-0.25, -0.2) is 0 Å². The minimum Gasteiger partial charge on any atom is -0.347 e. The van der Waals surface area contributed by atoms with Gasteiger partial charge >= 0.3 is 0 Å². The number of amides is 2. The molecule has 5 nitrogen and oxygen atoms in total. The van der Waals surface area contributed by atoms with Crippen LogP contribution in [0, 0.1) is 5.92 Å². The SMILES string of the molecule is Cl.NC1CCCC(C(=O)Nc2ccc(Cl)c(C(=O)NCc3cccs3)c2)C1. The first-order valence-electron chi connectivity index (χ1n) is 8.69. The Hall–Kier alpha value is -1.60. The fourth-order valence-corrected chi connectivity index (χ4v) is 4.01. The third-order valence-corrected chi connectivity index (χ3v) is 5.77. The molecule has 1 aliphatic carbocycles. The van der Waals surface area contributed by atoms with Crippen LogP contribution in [-0.2, 0) is 11.3 Å². The van der Waals surface area contributed by atoms with Crippen molar-refractivity contribution in [2.45, 2.75) is 38.3 Å². The van der Waals surface area contributed by atoms with Gasteiger partial charge in [-0.3, -0.25) is 9.59 Å². The van der Waals surface area contributed by atoms with Gasteiger partial charge in [0, 0.05) is 22.5 Å². The first-order chi connectivity index (χ1) is 12.5. The monoisotopic (exact) mass is 427 g/mol. The molecule has 0 aliphatic heterocycles. The van der Waals surface area contributed by atoms with E-state index in [1.54, 1.807) is 29.5 Å². The van der Waals surface area contributed by atoms with Gasteiger partial charge in [0.1, 0.15) is 0 Å². The third-order valence-electron chi connectivity index (χ3n) is 4.57. The molecule has 3 rings (SSSR count). The maximum absolute atomic E-state index is 12.5. The van der Waals surface area contributed by atoms with Crippen LogP contribution in [0.1, 0.15) is 40.9 Å². The van der Waals surface area contributed by atoms with E-state index in [0.29, 0.717) is 29.2 Å². The summed E-state index contributed by atoms with van der Waals surface area (Å²) < 4.78 is 0. The van der Waals surface area contributed by atoms with Crippen LogP contribution in [0.15, 0.2) is 35.7 Å². The normalized spacial score (nSPS) is 19.0. The lowest BCUT2D eigenvalue weighted by Gasteiger charge is -2.25. The zero-order valence-electron chi connectivity index (χ0n) is 14.7. The van der Waals surface area contributed by atoms with Crippen LogP contribution in [0.3, 0.4) is 0 Å². The first-order valence-corrected chi connectivity index (χ1v) is 9.95. The van der Waals surface area contributed by atoms with E-state index >= 15 is 0 Å². The van der Waals surface area contributed by atoms with Crippen LogP contribution in [0.2, 0.25) is 5.02 Å². The summed E-state index contributed by atoms with van der Waals surface area (Å²) in [5.41, 5.74) is 6.88. The highest BCUT2D eigenvalue weighted by atomic mass is 35.5. The van der Waals surface area contributed by atoms with Crippen molar-refractivity contribution >= 4 is 52.8 Å². The van der Waals surface area contributed by atoms with Gasteiger partial charge < -0.3 is 16.4 Å². The number of anilines is 1. The highest BCUT2D eigenvalue weighted by Gasteiger charge is 2.25. The van der Waals surface area contributed by atoms with Crippen LogP contribution < -0.4 is 16.4 Å². The Bertz CT molecular complexity index is 783. The molecule has 2 aromatic rings. The van der Waals surface area contributed by atoms with E-state index in [9.17, 15) is 9.59 Å². The summed E-state index contributed by atoms with van der Waals surface area (Å²) in [6, 6.07) is 8.93. The second kappa shape index (κ2) is 10.1. The molecule has 8 heteroatoms. The molecule has 4 N–H and O–H groups in total. The fourth-order valence-electron chi connectivity index (χ4n) is 3.16. The standard InChI is InChI=1S/C19H22ClN3O2S.ClH/c20-17-7-6-14(23-18(24)12-3-1-4-13(21)9-12)10-16(17)19(25)22-11-15-5-2-8-26-15;/h2,5-8,10,12-13H,1,3-4,9,11,21H2,(H,22,25)(H,23,24);1H. The predicted molar refractivity (Wildman–Crippen MR) is 113 cm³/mol. The van der Waals surface area contributed by atoms with E-state index in [-0.39, 0.29) is 36.2 Å². The molecular formula is C19H23Cl2N3O2S. The van der Waals surface area contributed by atoms with E-state index in [1.165, 1.54) is 0 Å². The Morgan fingerprint density at radius 1 is 1.26 bits per heavy atom. The van der Waals surface area contributed by atoms with Crippen LogP contribution in [-0.4, -0.2) is 17.9 Å². The molecule has 27 heavy (non-hydrogen) atoms. The molecule has 2 unspecified atom stereocenters. The van der Waals surface area contributed by atoms with Crippen molar-refractivity contribution in [3.63, 3.8) is 0 Å². The molecule has 1 saturated carbocycles. The van der Waals surface area contributed by atoms with Crippen LogP contribution >= 0.6 is 35.3 Å². The zero-order chi connectivity index (χ0) is 18.5. The molecule has 0 saturated heterocycles. The largest absolute Gasteiger partial charge is 0.347 e. The highest BCUT2D eigenvalue weighted by molar-refractivity contribution is 7.09. The minimum absolute atomic E-state index is 0. The number of thiophene rings is 1. The second-order valence-electron chi connectivity index (χ2n) is 6.57. The van der Waals surface area contributed by atoms with Crippen molar-refractivity contribution < 1.29 is 9.59 Å². The van der Waals surface area contributed by atoms with Crippen LogP contribution in [0.4, 0.5) is 5.69 Å². The lowest BCUT2D eigenvalue weighted by Crippen LogP contribution is -2.34. The van der Waals surface area contributed by atoms with Gasteiger partial charge in [0.2, 0.25) is 5.91 Å². The Kier molecular flexibility index (Phi) is 8.10. The van der Waals surface area contributed by atoms with Crippen LogP contribution in [0.25, 0.3) is 0 Å². The first kappa shape index (κ1) is 21.7. The van der Waals surface area contributed by atoms with Gasteiger partial charge in [-0.15, -0.1) is 23.7 Å². The number of nitrogens with two attached hydrogens (primary N) is 1. The Morgan fingerprint density at radius 2 is 2.07 bits per heavy atom. The van der Waals surface area contributed by atoms with Crippen molar-refractivity contribution in [1.29, 1.82) is 0 Å². The van der Waals surface area contributed by atoms with Crippen molar-refractivity contribution in [3.8, 4) is 0 Å². The molecule has 0 bridgehead atoms. The van der Waals surface area contributed by atoms with Gasteiger partial charge in [-0.1, -0.05) is 24.1 Å². The molecule has 1 aromatic heterocycles. The lowest BCUT2D eigenvalue weighted by molar-refractivity contribution is -0.120. The number of halogens is 2. The fraction of sp³-hybridized carbons (Fsp3) is 0.368. The van der Waals surface area contributed by atoms with Gasteiger partial charge in [0.25, 0.3) is 5.91 Å². The number of hydrogen-bond acceptors (Lipinski definition) is 4. The summed E-state index contributed by atoms with van der Waals surface area (Å²) >= 11 is 7.75. The topological polar surface area (TPSA) is 84.2 Å². The highest BCUT2D eigenvalue weighted by Crippen LogP contribution is 2.26. The molecule has 1 heterocycles. The molecule has 1 aromatic carbocycles. The average Bonchev–Trinajstić information content (AvgIpc) is 3.15. The van der Waals surface area contributed by atoms with Crippen molar-refractivity contribution in [2.24, 2.45) is 11.7 Å². The summed E-state index contributed by atoms with van der Waals surface area (Å²) in [5.74, 6) is -0.392. The maximum Gasteiger partial charge on any atom is 0.253 e. The van der Waals surface area contributed by atoms with E-state index in [0.717, 1.165) is 24.1 Å². The number of hydrogen-bond donors (Lipinski definition) is 3. The third kappa shape index (κ3) is 5.94. The number of benzene rings is 1. The number of carbonyl (C=O) groups excluding carboxylic acids is 2. The molecule has 2 atom stereocenters. The zero-order valence-corrected chi connectivity index (χ0v) is 17.1. The molecule has 2 amide bonds. The quantitative estimate of drug-likeness (QED) is 0.667. The molecule has 0 radical (unpaired) electrons. The molecule has 1 aliphatic rings. The van der Waals surface area contributed by atoms with Gasteiger partial charge in [-0.05, 0) is 48.9 Å². The van der Waals surface area contributed by atoms with E-state index in [2.05, 4.69) is 10.6 Å². The number of nitrogens with one attached hydrogen (secondary N) is 2. The van der Waals surface area contributed by atoms with Crippen LogP contribution in [0.5, 0.6) is 0 Å². The Balaban J connectivity index is 0.00000261. The van der Waals surface area contributed by atoms with Gasteiger partial charge in [0.05, 0.1) is 17.1 Å². The maximum atomic E-state index is 12.5. The van der Waals surface area contributed by atoms with E-state index < -0.39 is 0 Å². The predicted octanol–water partition coefficient (Wildman–Crippen LogP) is 4.21. The Labute approximate surface area is 174 Å². The van der Waals surface area contributed by atoms with Crippen molar-refractivity contribution in [1.82, 2.24) is 5.32 Å². The summed E-state index contributed by atoms with van der Waals surface area (Å²) in [4.78, 5) is 25.9. The molecular weight excluding hydrogens is 405 g/mol. The second-order valence-corrected chi connectivity index (χ2v) is 8.01. The lowest BCUT2D eigenvalue weighted by atomic mass is 9.85. The van der Waals surface area contributed by atoms with E-state index in [4.69, 9.17) is 17.3 Å². The summed E-state index contributed by atoms with van der Waals surface area (Å²) in [5, 5.41) is 8.06. The van der Waals surface area contributed by atoms with Gasteiger partial charge in [0.15, 0.2) is 0 Å². The smallest absolute Gasteiger partial charge is 0.253 e. The van der Waals surface area contributed by atoms with E-state index in [1.807, 2.05) is 17.5 Å². The Morgan fingerprint density at radius 3 is 2.78 bits per heavy atom. The molecule has 1 fully saturated rings. The average molecular weight is 428 g/mol. The summed E-state index contributed by atoms with van der Waals surface area (Å²) in [6.07, 6.45) is 3.49. The van der Waals surface area contributed by atoms with Crippen molar-refractivity contribution in [2.75, 3.05) is 5.32 Å². The molecule has 146 valence electrons. The minimum atomic E-state index is -0.265. The summed E-state index contributed by atoms with van der Waals surface area (Å²) in [6.45, 7) is 0.448. The number of rotatable bonds is 5. The summed E-state index contributed by atoms with van der Waals surface area (Å²) in [7, 11) is 0.